The third-order valence-corrected chi connectivity index (χ3v) is 5.89. The molecule has 0 atom stereocenters. The van der Waals surface area contributed by atoms with Gasteiger partial charge in [-0.3, -0.25) is 4.72 Å². The first kappa shape index (κ1) is 21.6. The molecular weight excluding hydrogens is 402 g/mol. The van der Waals surface area contributed by atoms with E-state index in [1.165, 1.54) is 7.11 Å². The van der Waals surface area contributed by atoms with E-state index in [4.69, 9.17) is 9.47 Å². The molecule has 30 heavy (non-hydrogen) atoms. The summed E-state index contributed by atoms with van der Waals surface area (Å²) in [5.74, 6) is 0.919. The molecule has 0 saturated heterocycles. The number of hydrogen-bond acceptors (Lipinski definition) is 6. The maximum atomic E-state index is 13.2. The fraction of sp³-hybridized carbons (Fsp3) is 0.273. The van der Waals surface area contributed by atoms with E-state index in [1.807, 2.05) is 32.9 Å². The molecular formula is C22H25N3O4S. The van der Waals surface area contributed by atoms with Crippen LogP contribution in [-0.4, -0.2) is 32.3 Å². The molecule has 0 aliphatic carbocycles. The predicted octanol–water partition coefficient (Wildman–Crippen LogP) is 4.48. The van der Waals surface area contributed by atoms with Crippen LogP contribution < -0.4 is 14.2 Å². The monoisotopic (exact) mass is 427 g/mol. The van der Waals surface area contributed by atoms with Crippen molar-refractivity contribution in [2.45, 2.75) is 31.6 Å². The first-order valence-corrected chi connectivity index (χ1v) is 11.1. The number of ether oxygens (including phenoxy) is 2. The van der Waals surface area contributed by atoms with Gasteiger partial charge in [0.05, 0.1) is 19.4 Å². The highest BCUT2D eigenvalue weighted by molar-refractivity contribution is 7.92. The van der Waals surface area contributed by atoms with Crippen LogP contribution in [0.5, 0.6) is 11.6 Å². The van der Waals surface area contributed by atoms with Crippen LogP contribution in [0.1, 0.15) is 32.3 Å². The average Bonchev–Trinajstić information content (AvgIpc) is 2.74. The van der Waals surface area contributed by atoms with E-state index in [0.29, 0.717) is 29.6 Å². The first-order valence-electron chi connectivity index (χ1n) is 9.61. The quantitative estimate of drug-likeness (QED) is 0.570. The Bertz CT molecular complexity index is 1110. The van der Waals surface area contributed by atoms with Crippen molar-refractivity contribution in [2.75, 3.05) is 18.4 Å². The van der Waals surface area contributed by atoms with Gasteiger partial charge in [0, 0.05) is 17.3 Å². The fourth-order valence-corrected chi connectivity index (χ4v) is 4.13. The molecule has 0 spiro atoms. The Labute approximate surface area is 177 Å². The van der Waals surface area contributed by atoms with E-state index in [2.05, 4.69) is 14.9 Å². The van der Waals surface area contributed by atoms with Crippen molar-refractivity contribution in [1.29, 1.82) is 0 Å². The molecule has 0 aliphatic heterocycles. The molecule has 1 heterocycles. The van der Waals surface area contributed by atoms with E-state index < -0.39 is 10.0 Å². The van der Waals surface area contributed by atoms with Gasteiger partial charge in [0.15, 0.2) is 0 Å². The number of sulfonamides is 1. The topological polar surface area (TPSA) is 90.4 Å². The Balaban J connectivity index is 1.94. The summed E-state index contributed by atoms with van der Waals surface area (Å²) in [6, 6.07) is 15.7. The third-order valence-electron chi connectivity index (χ3n) is 4.48. The third kappa shape index (κ3) is 4.88. The van der Waals surface area contributed by atoms with Gasteiger partial charge < -0.3 is 9.47 Å². The highest BCUT2D eigenvalue weighted by Crippen LogP contribution is 2.30. The first-order chi connectivity index (χ1) is 14.3. The molecule has 0 fully saturated rings. The zero-order valence-electron chi connectivity index (χ0n) is 17.4. The standard InChI is InChI=1S/C22H25N3O4S/c1-5-29-20-11-9-16(15(2)3)14-21(20)30(26,27)25-18-8-6-7-17(13-18)19-10-12-22(28-4)24-23-19/h6-15,25H,5H2,1-4H3. The number of nitrogens with one attached hydrogen (secondary N) is 1. The number of hydrogen-bond donors (Lipinski definition) is 1. The van der Waals surface area contributed by atoms with Crippen molar-refractivity contribution in [1.82, 2.24) is 10.2 Å². The average molecular weight is 428 g/mol. The van der Waals surface area contributed by atoms with Crippen molar-refractivity contribution in [3.63, 3.8) is 0 Å². The lowest BCUT2D eigenvalue weighted by molar-refractivity contribution is 0.331. The van der Waals surface area contributed by atoms with Gasteiger partial charge in [-0.15, -0.1) is 10.2 Å². The van der Waals surface area contributed by atoms with Crippen LogP contribution in [0.2, 0.25) is 0 Å². The number of rotatable bonds is 8. The lowest BCUT2D eigenvalue weighted by Crippen LogP contribution is -2.15. The van der Waals surface area contributed by atoms with Gasteiger partial charge >= 0.3 is 0 Å². The number of nitrogens with zero attached hydrogens (tertiary/aromatic N) is 2. The van der Waals surface area contributed by atoms with Crippen molar-refractivity contribution in [3.05, 3.63) is 60.2 Å². The fourth-order valence-electron chi connectivity index (χ4n) is 2.90. The Morgan fingerprint density at radius 3 is 2.47 bits per heavy atom. The Morgan fingerprint density at radius 2 is 1.83 bits per heavy atom. The Morgan fingerprint density at radius 1 is 1.03 bits per heavy atom. The maximum absolute atomic E-state index is 13.2. The number of methoxy groups -OCH3 is 1. The van der Waals surface area contributed by atoms with Crippen LogP contribution in [0.15, 0.2) is 59.5 Å². The molecule has 1 N–H and O–H groups in total. The van der Waals surface area contributed by atoms with Crippen LogP contribution in [0.25, 0.3) is 11.3 Å². The van der Waals surface area contributed by atoms with E-state index in [0.717, 1.165) is 11.1 Å². The molecule has 3 aromatic rings. The normalized spacial score (nSPS) is 11.4. The second kappa shape index (κ2) is 9.13. The summed E-state index contributed by atoms with van der Waals surface area (Å²) in [5, 5.41) is 8.07. The summed E-state index contributed by atoms with van der Waals surface area (Å²) in [5.41, 5.74) is 2.67. The molecule has 0 unspecified atom stereocenters. The maximum Gasteiger partial charge on any atom is 0.265 e. The molecule has 0 bridgehead atoms. The van der Waals surface area contributed by atoms with Gasteiger partial charge in [-0.2, -0.15) is 0 Å². The van der Waals surface area contributed by atoms with Crippen molar-refractivity contribution in [3.8, 4) is 22.9 Å². The van der Waals surface area contributed by atoms with Crippen LogP contribution in [0, 0.1) is 0 Å². The minimum Gasteiger partial charge on any atom is -0.492 e. The van der Waals surface area contributed by atoms with Crippen LogP contribution >= 0.6 is 0 Å². The summed E-state index contributed by atoms with van der Waals surface area (Å²) < 4.78 is 39.6. The smallest absolute Gasteiger partial charge is 0.265 e. The predicted molar refractivity (Wildman–Crippen MR) is 117 cm³/mol. The summed E-state index contributed by atoms with van der Waals surface area (Å²) in [6.07, 6.45) is 0. The molecule has 0 radical (unpaired) electrons. The van der Waals surface area contributed by atoms with Gasteiger partial charge in [0.2, 0.25) is 5.88 Å². The summed E-state index contributed by atoms with van der Waals surface area (Å²) in [6.45, 7) is 6.21. The van der Waals surface area contributed by atoms with Gasteiger partial charge in [-0.05, 0) is 48.7 Å². The minimum absolute atomic E-state index is 0.116. The van der Waals surface area contributed by atoms with E-state index >= 15 is 0 Å². The number of anilines is 1. The second-order valence-electron chi connectivity index (χ2n) is 6.94. The van der Waals surface area contributed by atoms with Crippen molar-refractivity contribution < 1.29 is 17.9 Å². The van der Waals surface area contributed by atoms with Crippen LogP contribution in [0.4, 0.5) is 5.69 Å². The molecule has 7 nitrogen and oxygen atoms in total. The summed E-state index contributed by atoms with van der Waals surface area (Å²) in [7, 11) is -2.35. The number of aromatic nitrogens is 2. The minimum atomic E-state index is -3.86. The number of benzene rings is 2. The lowest BCUT2D eigenvalue weighted by atomic mass is 10.0. The molecule has 0 amide bonds. The molecule has 2 aromatic carbocycles. The molecule has 1 aromatic heterocycles. The van der Waals surface area contributed by atoms with Gasteiger partial charge in [-0.25, -0.2) is 8.42 Å². The van der Waals surface area contributed by atoms with E-state index in [-0.39, 0.29) is 10.8 Å². The summed E-state index contributed by atoms with van der Waals surface area (Å²) >= 11 is 0. The lowest BCUT2D eigenvalue weighted by Gasteiger charge is -2.15. The largest absolute Gasteiger partial charge is 0.492 e. The molecule has 158 valence electrons. The Kier molecular flexibility index (Phi) is 6.56. The van der Waals surface area contributed by atoms with Crippen LogP contribution in [0.3, 0.4) is 0 Å². The van der Waals surface area contributed by atoms with Crippen LogP contribution in [-0.2, 0) is 10.0 Å². The molecule has 0 aliphatic rings. The van der Waals surface area contributed by atoms with Gasteiger partial charge in [0.25, 0.3) is 10.0 Å². The molecule has 8 heteroatoms. The zero-order valence-corrected chi connectivity index (χ0v) is 18.2. The van der Waals surface area contributed by atoms with E-state index in [1.54, 1.807) is 42.5 Å². The second-order valence-corrected chi connectivity index (χ2v) is 8.59. The molecule has 0 saturated carbocycles. The van der Waals surface area contributed by atoms with Crippen molar-refractivity contribution in [2.24, 2.45) is 0 Å². The molecule has 3 rings (SSSR count). The van der Waals surface area contributed by atoms with Crippen molar-refractivity contribution >= 4 is 15.7 Å². The van der Waals surface area contributed by atoms with Gasteiger partial charge in [0.1, 0.15) is 10.6 Å². The zero-order chi connectivity index (χ0) is 21.7. The van der Waals surface area contributed by atoms with Gasteiger partial charge in [-0.1, -0.05) is 32.0 Å². The highest BCUT2D eigenvalue weighted by atomic mass is 32.2. The SMILES string of the molecule is CCOc1ccc(C(C)C)cc1S(=O)(=O)Nc1cccc(-c2ccc(OC)nn2)c1. The summed E-state index contributed by atoms with van der Waals surface area (Å²) in [4.78, 5) is 0.116. The highest BCUT2D eigenvalue weighted by Gasteiger charge is 2.21. The Hall–Kier alpha value is -3.13. The van der Waals surface area contributed by atoms with E-state index in [9.17, 15) is 8.42 Å².